The second kappa shape index (κ2) is 5.95. The Bertz CT molecular complexity index is 1220. The van der Waals surface area contributed by atoms with E-state index in [1.54, 1.807) is 30.3 Å². The summed E-state index contributed by atoms with van der Waals surface area (Å²) in [7, 11) is 0. The molecule has 1 aliphatic heterocycles. The minimum Gasteiger partial charge on any atom is -0.452 e. The van der Waals surface area contributed by atoms with Gasteiger partial charge in [-0.15, -0.1) is 0 Å². The van der Waals surface area contributed by atoms with E-state index < -0.39 is 0 Å². The topological polar surface area (TPSA) is 42.1 Å². The van der Waals surface area contributed by atoms with E-state index >= 15 is 0 Å². The lowest BCUT2D eigenvalue weighted by molar-refractivity contribution is 0.101. The van der Waals surface area contributed by atoms with Gasteiger partial charge < -0.3 is 9.72 Å². The number of para-hydroxylation sites is 2. The summed E-state index contributed by atoms with van der Waals surface area (Å²) >= 11 is 0. The van der Waals surface area contributed by atoms with E-state index in [1.807, 2.05) is 36.4 Å². The fraction of sp³-hybridized carbons (Fsp3) is 0. The van der Waals surface area contributed by atoms with Gasteiger partial charge in [0, 0.05) is 16.5 Å². The number of allylic oxidation sites excluding steroid dienone is 1. The molecule has 27 heavy (non-hydrogen) atoms. The Morgan fingerprint density at radius 2 is 1.63 bits per heavy atom. The first-order valence-corrected chi connectivity index (χ1v) is 8.60. The zero-order valence-corrected chi connectivity index (χ0v) is 14.2. The number of rotatable bonds is 2. The van der Waals surface area contributed by atoms with E-state index in [1.165, 1.54) is 12.1 Å². The van der Waals surface area contributed by atoms with Crippen LogP contribution in [0, 0.1) is 5.82 Å². The van der Waals surface area contributed by atoms with E-state index in [9.17, 15) is 9.18 Å². The van der Waals surface area contributed by atoms with Crippen molar-refractivity contribution in [1.29, 1.82) is 0 Å². The highest BCUT2D eigenvalue weighted by atomic mass is 19.1. The Kier molecular flexibility index (Phi) is 3.44. The van der Waals surface area contributed by atoms with E-state index in [-0.39, 0.29) is 17.4 Å². The standard InChI is InChI=1S/C23H14FNO2/c24-15-11-9-14(10-12-15)22-18(16-5-1-3-7-19(16)25-22)13-21-23(26)17-6-2-4-8-20(17)27-21/h1-13,25H/b21-13-. The molecule has 0 saturated heterocycles. The molecule has 1 aliphatic rings. The number of carbonyl (C=O) groups is 1. The van der Waals surface area contributed by atoms with Gasteiger partial charge in [0.25, 0.3) is 0 Å². The second-order valence-electron chi connectivity index (χ2n) is 6.40. The van der Waals surface area contributed by atoms with Crippen molar-refractivity contribution in [3.05, 3.63) is 95.5 Å². The number of hydrogen-bond acceptors (Lipinski definition) is 2. The van der Waals surface area contributed by atoms with Crippen LogP contribution in [-0.4, -0.2) is 10.8 Å². The molecule has 0 saturated carbocycles. The van der Waals surface area contributed by atoms with Crippen molar-refractivity contribution >= 4 is 22.8 Å². The molecule has 0 bridgehead atoms. The average Bonchev–Trinajstić information content (AvgIpc) is 3.22. The van der Waals surface area contributed by atoms with Gasteiger partial charge in [0.2, 0.25) is 5.78 Å². The molecule has 0 unspecified atom stereocenters. The van der Waals surface area contributed by atoms with Crippen LogP contribution in [0.25, 0.3) is 28.2 Å². The van der Waals surface area contributed by atoms with Gasteiger partial charge in [0.1, 0.15) is 11.6 Å². The van der Waals surface area contributed by atoms with Crippen LogP contribution < -0.4 is 4.74 Å². The Labute approximate surface area is 154 Å². The molecule has 4 heteroatoms. The van der Waals surface area contributed by atoms with Gasteiger partial charge in [0.15, 0.2) is 5.76 Å². The SMILES string of the molecule is O=C1/C(=C/c2c(-c3ccc(F)cc3)[nH]c3ccccc23)Oc2ccccc21. The molecule has 1 aromatic heterocycles. The van der Waals surface area contributed by atoms with Gasteiger partial charge in [0.05, 0.1) is 11.3 Å². The first-order valence-electron chi connectivity index (χ1n) is 8.60. The van der Waals surface area contributed by atoms with E-state index in [2.05, 4.69) is 4.98 Å². The summed E-state index contributed by atoms with van der Waals surface area (Å²) in [4.78, 5) is 16.1. The van der Waals surface area contributed by atoms with Crippen LogP contribution >= 0.6 is 0 Å². The van der Waals surface area contributed by atoms with Crippen molar-refractivity contribution in [2.24, 2.45) is 0 Å². The summed E-state index contributed by atoms with van der Waals surface area (Å²) < 4.78 is 19.1. The third-order valence-electron chi connectivity index (χ3n) is 4.73. The number of Topliss-reactive ketones (excluding diaryl/α,β-unsaturated/α-hetero) is 1. The Morgan fingerprint density at radius 1 is 0.889 bits per heavy atom. The molecule has 1 N–H and O–H groups in total. The summed E-state index contributed by atoms with van der Waals surface area (Å²) in [6.07, 6.45) is 1.76. The molecule has 0 amide bonds. The zero-order chi connectivity index (χ0) is 18.4. The molecule has 3 aromatic carbocycles. The molecule has 130 valence electrons. The van der Waals surface area contributed by atoms with Crippen LogP contribution in [0.4, 0.5) is 4.39 Å². The van der Waals surface area contributed by atoms with Gasteiger partial charge in [-0.2, -0.15) is 0 Å². The summed E-state index contributed by atoms with van der Waals surface area (Å²) in [5.41, 5.74) is 3.99. The quantitative estimate of drug-likeness (QED) is 0.476. The lowest BCUT2D eigenvalue weighted by Crippen LogP contribution is -1.98. The minimum atomic E-state index is -0.292. The zero-order valence-electron chi connectivity index (χ0n) is 14.2. The molecular weight excluding hydrogens is 341 g/mol. The number of aromatic nitrogens is 1. The highest BCUT2D eigenvalue weighted by Crippen LogP contribution is 2.36. The van der Waals surface area contributed by atoms with Crippen LogP contribution in [0.3, 0.4) is 0 Å². The molecule has 0 fully saturated rings. The number of ketones is 1. The molecule has 5 rings (SSSR count). The Hall–Kier alpha value is -3.66. The van der Waals surface area contributed by atoms with Crippen LogP contribution in [0.5, 0.6) is 5.75 Å². The highest BCUT2D eigenvalue weighted by Gasteiger charge is 2.27. The number of halogens is 1. The smallest absolute Gasteiger partial charge is 0.231 e. The molecule has 0 radical (unpaired) electrons. The van der Waals surface area contributed by atoms with Crippen molar-refractivity contribution in [3.63, 3.8) is 0 Å². The lowest BCUT2D eigenvalue weighted by Gasteiger charge is -2.03. The predicted octanol–water partition coefficient (Wildman–Crippen LogP) is 5.59. The van der Waals surface area contributed by atoms with Crippen LogP contribution in [0.2, 0.25) is 0 Å². The Balaban J connectivity index is 1.70. The molecule has 0 aliphatic carbocycles. The second-order valence-corrected chi connectivity index (χ2v) is 6.40. The summed E-state index contributed by atoms with van der Waals surface area (Å²) in [6.45, 7) is 0. The van der Waals surface area contributed by atoms with Crippen LogP contribution in [0.15, 0.2) is 78.6 Å². The number of hydrogen-bond donors (Lipinski definition) is 1. The normalized spacial score (nSPS) is 14.6. The van der Waals surface area contributed by atoms with Crippen LogP contribution in [0.1, 0.15) is 15.9 Å². The highest BCUT2D eigenvalue weighted by molar-refractivity contribution is 6.15. The number of fused-ring (bicyclic) bond motifs is 2. The molecule has 2 heterocycles. The first kappa shape index (κ1) is 15.6. The molecule has 4 aromatic rings. The Morgan fingerprint density at radius 3 is 2.44 bits per heavy atom. The van der Waals surface area contributed by atoms with Crippen molar-refractivity contribution in [1.82, 2.24) is 4.98 Å². The maximum atomic E-state index is 13.4. The number of carbonyl (C=O) groups excluding carboxylic acids is 1. The fourth-order valence-electron chi connectivity index (χ4n) is 3.42. The lowest BCUT2D eigenvalue weighted by atomic mass is 10.0. The third kappa shape index (κ3) is 2.54. The summed E-state index contributed by atoms with van der Waals surface area (Å²) in [5, 5.41) is 0.969. The fourth-order valence-corrected chi connectivity index (χ4v) is 3.42. The summed E-state index contributed by atoms with van der Waals surface area (Å²) in [6, 6.07) is 21.3. The van der Waals surface area contributed by atoms with Crippen molar-refractivity contribution in [2.45, 2.75) is 0 Å². The largest absolute Gasteiger partial charge is 0.452 e. The molecule has 0 atom stereocenters. The van der Waals surface area contributed by atoms with Gasteiger partial charge in [-0.05, 0) is 54.1 Å². The number of H-pyrrole nitrogens is 1. The van der Waals surface area contributed by atoms with Gasteiger partial charge in [-0.1, -0.05) is 30.3 Å². The average molecular weight is 355 g/mol. The van der Waals surface area contributed by atoms with Gasteiger partial charge in [-0.25, -0.2) is 4.39 Å². The van der Waals surface area contributed by atoms with E-state index in [0.29, 0.717) is 11.3 Å². The third-order valence-corrected chi connectivity index (χ3v) is 4.73. The number of ether oxygens (including phenoxy) is 1. The van der Waals surface area contributed by atoms with E-state index in [0.717, 1.165) is 27.7 Å². The first-order chi connectivity index (χ1) is 13.2. The van der Waals surface area contributed by atoms with E-state index in [4.69, 9.17) is 4.74 Å². The molecule has 3 nitrogen and oxygen atoms in total. The number of nitrogens with one attached hydrogen (secondary N) is 1. The van der Waals surface area contributed by atoms with Gasteiger partial charge in [-0.3, -0.25) is 4.79 Å². The van der Waals surface area contributed by atoms with Crippen molar-refractivity contribution < 1.29 is 13.9 Å². The number of aromatic amines is 1. The maximum absolute atomic E-state index is 13.4. The predicted molar refractivity (Wildman–Crippen MR) is 103 cm³/mol. The maximum Gasteiger partial charge on any atom is 0.231 e. The van der Waals surface area contributed by atoms with Crippen molar-refractivity contribution in [3.8, 4) is 17.0 Å². The molecule has 0 spiro atoms. The minimum absolute atomic E-state index is 0.138. The monoisotopic (exact) mass is 355 g/mol. The summed E-state index contributed by atoms with van der Waals surface area (Å²) in [5.74, 6) is 0.418. The molecular formula is C23H14FNO2. The van der Waals surface area contributed by atoms with Crippen LogP contribution in [-0.2, 0) is 0 Å². The number of benzene rings is 3. The van der Waals surface area contributed by atoms with Gasteiger partial charge >= 0.3 is 0 Å². The van der Waals surface area contributed by atoms with Crippen molar-refractivity contribution in [2.75, 3.05) is 0 Å².